The standard InChI is InChI=1S/2C23H27ClN4O2.C20H29ClN4O2.C19H27ClN4O2/c2*1-23(2,21(29)19-13-17(24)12-15-14-25-27-20(15)19)16-8-10-28(11-9-16)22(30)26-18-6-4-3-5-7-18;1-12(2)23-19(27)25-7-5-14(6-8-25)20(3,4)18(26)16-10-15(21)9-13-11-22-24-17(13)16;1-4-21-18(26)24-7-5-13(6-8-24)19(2,3)17(25)15-10-14(20)9-12-11-22-23-16(12)15/h2*3-7,12-14,16,21,29H,8-11H2,1-2H3,(H,25,27)(H,26,30);9-12,14,18,26H,5-8H2,1-4H3,(H,22,24)(H,23,27);9-11,13,17,25H,4-8H2,1-3H3,(H,21,26)(H,22,23)/t2*21-;18-;17-/m0000/s1. The van der Waals surface area contributed by atoms with Crippen molar-refractivity contribution in [3.05, 3.63) is 176 Å². The van der Waals surface area contributed by atoms with Crippen LogP contribution in [0.2, 0.25) is 20.1 Å². The molecule has 0 bridgehead atoms. The Balaban J connectivity index is 0.000000149. The van der Waals surface area contributed by atoms with Crippen molar-refractivity contribution in [3.8, 4) is 0 Å². The zero-order valence-electron chi connectivity index (χ0n) is 66.4. The maximum atomic E-state index is 12.6. The molecule has 0 aliphatic carbocycles. The molecule has 10 aromatic rings. The largest absolute Gasteiger partial charge is 0.388 e. The van der Waals surface area contributed by atoms with E-state index in [1.54, 1.807) is 24.8 Å². The molecule has 14 rings (SSSR count). The number of aromatic nitrogens is 8. The van der Waals surface area contributed by atoms with Gasteiger partial charge in [0.25, 0.3) is 0 Å². The van der Waals surface area contributed by atoms with Crippen LogP contribution in [0.3, 0.4) is 0 Å². The average Bonchev–Trinajstić information content (AvgIpc) is 1.78. The van der Waals surface area contributed by atoms with Crippen LogP contribution in [0.25, 0.3) is 43.6 Å². The second-order valence-corrected chi connectivity index (χ2v) is 35.0. The number of anilines is 2. The molecule has 4 aliphatic rings. The number of benzene rings is 6. The summed E-state index contributed by atoms with van der Waals surface area (Å²) in [6.45, 7) is 28.7. The van der Waals surface area contributed by atoms with E-state index in [0.717, 1.165) is 129 Å². The van der Waals surface area contributed by atoms with Crippen molar-refractivity contribution in [1.29, 1.82) is 0 Å². The van der Waals surface area contributed by atoms with Crippen LogP contribution in [-0.2, 0) is 0 Å². The van der Waals surface area contributed by atoms with Crippen LogP contribution < -0.4 is 21.3 Å². The molecular weight excluding hydrogens is 1510 g/mol. The molecule has 0 spiro atoms. The number of hydrogen-bond acceptors (Lipinski definition) is 12. The topological polar surface area (TPSA) is 325 Å². The third-order valence-electron chi connectivity index (χ3n) is 24.3. The van der Waals surface area contributed by atoms with Crippen molar-refractivity contribution in [2.24, 2.45) is 45.3 Å². The van der Waals surface area contributed by atoms with Gasteiger partial charge in [0.2, 0.25) is 0 Å². The minimum absolute atomic E-state index is 0.00156. The van der Waals surface area contributed by atoms with E-state index < -0.39 is 24.4 Å². The molecule has 4 aromatic heterocycles. The second kappa shape index (κ2) is 36.8. The van der Waals surface area contributed by atoms with Gasteiger partial charge < -0.3 is 61.3 Å². The predicted octanol–water partition coefficient (Wildman–Crippen LogP) is 18.3. The molecule has 8 heterocycles. The van der Waals surface area contributed by atoms with Crippen molar-refractivity contribution in [2.45, 2.75) is 158 Å². The number of H-pyrrole nitrogens is 4. The fourth-order valence-electron chi connectivity index (χ4n) is 16.9. The van der Waals surface area contributed by atoms with E-state index in [2.05, 4.69) is 117 Å². The van der Waals surface area contributed by atoms with Crippen LogP contribution in [0.15, 0.2) is 134 Å². The van der Waals surface area contributed by atoms with Gasteiger partial charge in [0.15, 0.2) is 0 Å². The molecular formula is C85H110Cl4N16O8. The minimum Gasteiger partial charge on any atom is -0.388 e. The number of nitrogens with zero attached hydrogens (tertiary/aromatic N) is 8. The monoisotopic (exact) mass is 1620 g/mol. The van der Waals surface area contributed by atoms with Gasteiger partial charge in [0, 0.05) is 140 Å². The number of para-hydroxylation sites is 2. The fraction of sp³-hybridized carbons (Fsp3) is 0.482. The lowest BCUT2D eigenvalue weighted by molar-refractivity contribution is -0.0144. The summed E-state index contributed by atoms with van der Waals surface area (Å²) in [6, 6.07) is 33.6. The molecule has 0 saturated carbocycles. The van der Waals surface area contributed by atoms with Crippen molar-refractivity contribution in [2.75, 3.05) is 69.5 Å². The first-order valence-corrected chi connectivity index (χ1v) is 40.8. The van der Waals surface area contributed by atoms with Gasteiger partial charge in [-0.25, -0.2) is 19.2 Å². The number of aliphatic hydroxyl groups is 4. The summed E-state index contributed by atoms with van der Waals surface area (Å²) in [4.78, 5) is 56.8. The van der Waals surface area contributed by atoms with Crippen molar-refractivity contribution < 1.29 is 39.6 Å². The van der Waals surface area contributed by atoms with Gasteiger partial charge in [0.05, 0.1) is 71.3 Å². The summed E-state index contributed by atoms with van der Waals surface area (Å²) in [6.07, 6.45) is 10.9. The third-order valence-corrected chi connectivity index (χ3v) is 25.2. The maximum Gasteiger partial charge on any atom is 0.321 e. The minimum atomic E-state index is -0.700. The highest BCUT2D eigenvalue weighted by Gasteiger charge is 2.45. The first kappa shape index (κ1) is 85.2. The van der Waals surface area contributed by atoms with Crippen LogP contribution in [0.1, 0.15) is 174 Å². The Hall–Kier alpha value is -8.72. The molecule has 6 aromatic carbocycles. The van der Waals surface area contributed by atoms with Crippen molar-refractivity contribution >= 4 is 126 Å². The number of hydrogen-bond donors (Lipinski definition) is 12. The molecule has 606 valence electrons. The Morgan fingerprint density at radius 3 is 0.876 bits per heavy atom. The number of carbonyl (C=O) groups is 4. The summed E-state index contributed by atoms with van der Waals surface area (Å²) < 4.78 is 0. The van der Waals surface area contributed by atoms with Crippen LogP contribution in [0.4, 0.5) is 30.6 Å². The smallest absolute Gasteiger partial charge is 0.321 e. The number of likely N-dealkylation sites (tertiary alicyclic amines) is 4. The number of aliphatic hydroxyl groups excluding tert-OH is 4. The number of halogens is 4. The molecule has 12 N–H and O–H groups in total. The number of nitrogens with one attached hydrogen (secondary N) is 8. The van der Waals surface area contributed by atoms with Gasteiger partial charge in [-0.15, -0.1) is 0 Å². The molecule has 0 unspecified atom stereocenters. The summed E-state index contributed by atoms with van der Waals surface area (Å²) >= 11 is 25.0. The van der Waals surface area contributed by atoms with E-state index in [4.69, 9.17) is 46.4 Å². The number of carbonyl (C=O) groups excluding carboxylic acids is 4. The van der Waals surface area contributed by atoms with E-state index in [0.29, 0.717) is 90.8 Å². The summed E-state index contributed by atoms with van der Waals surface area (Å²) in [5.74, 6) is 1.14. The molecule has 28 heteroatoms. The lowest BCUT2D eigenvalue weighted by Gasteiger charge is -2.43. The first-order chi connectivity index (χ1) is 53.8. The zero-order chi connectivity index (χ0) is 81.3. The SMILES string of the molecule is CC(C)(C1CCN(C(=O)Nc2ccccc2)CC1)[C@@H](O)c1cc(Cl)cc2cn[nH]c12.CC(C)(C1CCN(C(=O)Nc2ccccc2)CC1)[C@@H](O)c1cc(Cl)cc2cn[nH]c12.CC(C)NC(=O)N1CCC(C(C)(C)[C@@H](O)c2cc(Cl)cc3cn[nH]c23)CC1.CCNC(=O)N1CCC(C(C)(C)[C@@H](O)c2cc(Cl)cc3cn[nH]c23)CC1. The van der Waals surface area contributed by atoms with Gasteiger partial charge in [0.1, 0.15) is 0 Å². The van der Waals surface area contributed by atoms with Gasteiger partial charge >= 0.3 is 24.1 Å². The third kappa shape index (κ3) is 20.0. The van der Waals surface area contributed by atoms with Crippen molar-refractivity contribution in [1.82, 2.24) is 71.0 Å². The number of fused-ring (bicyclic) bond motifs is 4. The summed E-state index contributed by atoms with van der Waals surface area (Å²) in [7, 11) is 0. The Bertz CT molecular complexity index is 4680. The van der Waals surface area contributed by atoms with Gasteiger partial charge in [-0.1, -0.05) is 138 Å². The normalized spacial score (nSPS) is 17.0. The molecule has 24 nitrogen and oxygen atoms in total. The predicted molar refractivity (Wildman–Crippen MR) is 450 cm³/mol. The van der Waals surface area contributed by atoms with Gasteiger partial charge in [-0.3, -0.25) is 20.4 Å². The van der Waals surface area contributed by atoms with E-state index in [1.807, 2.05) is 150 Å². The number of amides is 8. The number of rotatable bonds is 16. The highest BCUT2D eigenvalue weighted by atomic mass is 35.5. The molecule has 4 aliphatic heterocycles. The quantitative estimate of drug-likeness (QED) is 0.0430. The number of piperidine rings is 4. The Kier molecular flexibility index (Phi) is 27.8. The highest BCUT2D eigenvalue weighted by molar-refractivity contribution is 6.32. The molecule has 4 fully saturated rings. The Morgan fingerprint density at radius 2 is 0.637 bits per heavy atom. The fourth-order valence-corrected chi connectivity index (χ4v) is 17.8. The average molecular weight is 1630 g/mol. The summed E-state index contributed by atoms with van der Waals surface area (Å²) in [5, 5.41) is 91.0. The first-order valence-electron chi connectivity index (χ1n) is 39.3. The lowest BCUT2D eigenvalue weighted by atomic mass is 9.68. The number of aromatic amines is 4. The number of urea groups is 4. The second-order valence-electron chi connectivity index (χ2n) is 33.3. The van der Waals surface area contributed by atoms with E-state index in [-0.39, 0.29) is 63.7 Å². The van der Waals surface area contributed by atoms with Gasteiger partial charge in [-0.2, -0.15) is 20.4 Å². The van der Waals surface area contributed by atoms with Crippen molar-refractivity contribution in [3.63, 3.8) is 0 Å². The van der Waals surface area contributed by atoms with Crippen LogP contribution in [-0.4, -0.2) is 170 Å². The highest BCUT2D eigenvalue weighted by Crippen LogP contribution is 2.51. The molecule has 4 atom stereocenters. The van der Waals surface area contributed by atoms with Gasteiger partial charge in [-0.05, 0) is 190 Å². The van der Waals surface area contributed by atoms with Crippen LogP contribution in [0, 0.1) is 45.3 Å². The van der Waals surface area contributed by atoms with E-state index in [1.165, 1.54) is 0 Å². The molecule has 113 heavy (non-hydrogen) atoms. The van der Waals surface area contributed by atoms with E-state index in [9.17, 15) is 39.6 Å². The Labute approximate surface area is 681 Å². The zero-order valence-corrected chi connectivity index (χ0v) is 69.5. The summed E-state index contributed by atoms with van der Waals surface area (Å²) in [5.41, 5.74) is 6.50. The van der Waals surface area contributed by atoms with Crippen LogP contribution in [0.5, 0.6) is 0 Å². The van der Waals surface area contributed by atoms with E-state index >= 15 is 0 Å². The lowest BCUT2D eigenvalue weighted by Crippen LogP contribution is -2.48. The Morgan fingerprint density at radius 1 is 0.398 bits per heavy atom. The maximum absolute atomic E-state index is 12.6. The molecule has 8 amide bonds. The molecule has 0 radical (unpaired) electrons. The molecule has 4 saturated heterocycles. The van der Waals surface area contributed by atoms with Crippen LogP contribution >= 0.6 is 46.4 Å².